The molecule has 1 aromatic heterocycles. The molecule has 0 saturated heterocycles. The summed E-state index contributed by atoms with van der Waals surface area (Å²) in [5, 5.41) is 13.2. The molecule has 178 valence electrons. The molecule has 0 aliphatic heterocycles. The van der Waals surface area contributed by atoms with Gasteiger partial charge in [0, 0.05) is 17.1 Å². The van der Waals surface area contributed by atoms with E-state index in [1.165, 1.54) is 24.3 Å². The summed E-state index contributed by atoms with van der Waals surface area (Å²) in [4.78, 5) is 25.0. The predicted octanol–water partition coefficient (Wildman–Crippen LogP) is 4.17. The SMILES string of the molecule is O=C(Nc1nnc(S(=O)(=O)Nc2ccccc2C(=O)NCc2ccccc2)s1)c1ccc(Cl)cc1. The fraction of sp³-hybridized carbons (Fsp3) is 0.0435. The number of hydrogen-bond donors (Lipinski definition) is 3. The molecule has 0 unspecified atom stereocenters. The summed E-state index contributed by atoms with van der Waals surface area (Å²) in [6, 6.07) is 21.7. The van der Waals surface area contributed by atoms with Crippen molar-refractivity contribution in [2.45, 2.75) is 10.9 Å². The van der Waals surface area contributed by atoms with Gasteiger partial charge in [0.1, 0.15) is 0 Å². The third-order valence-corrected chi connectivity index (χ3v) is 7.50. The summed E-state index contributed by atoms with van der Waals surface area (Å²) >= 11 is 6.50. The number of hydrogen-bond acceptors (Lipinski definition) is 7. The summed E-state index contributed by atoms with van der Waals surface area (Å²) in [7, 11) is -4.18. The van der Waals surface area contributed by atoms with Crippen LogP contribution in [0.15, 0.2) is 83.2 Å². The molecule has 4 aromatic rings. The molecular formula is C23H18ClN5O4S2. The number of anilines is 2. The van der Waals surface area contributed by atoms with Gasteiger partial charge in [0.15, 0.2) is 0 Å². The van der Waals surface area contributed by atoms with E-state index in [0.717, 1.165) is 5.56 Å². The third-order valence-electron chi connectivity index (χ3n) is 4.68. The van der Waals surface area contributed by atoms with E-state index in [1.54, 1.807) is 24.3 Å². The maximum absolute atomic E-state index is 12.9. The molecule has 0 spiro atoms. The molecule has 2 amide bonds. The summed E-state index contributed by atoms with van der Waals surface area (Å²) < 4.78 is 27.8. The number of rotatable bonds is 8. The molecular weight excluding hydrogens is 510 g/mol. The first kappa shape index (κ1) is 24.3. The van der Waals surface area contributed by atoms with Crippen molar-refractivity contribution in [2.75, 3.05) is 10.0 Å². The number of carbonyl (C=O) groups excluding carboxylic acids is 2. The van der Waals surface area contributed by atoms with Crippen LogP contribution in [-0.4, -0.2) is 30.4 Å². The molecule has 0 fully saturated rings. The summed E-state index contributed by atoms with van der Waals surface area (Å²) in [6.07, 6.45) is 0. The van der Waals surface area contributed by atoms with E-state index in [2.05, 4.69) is 25.6 Å². The molecule has 35 heavy (non-hydrogen) atoms. The van der Waals surface area contributed by atoms with Crippen molar-refractivity contribution in [1.82, 2.24) is 15.5 Å². The van der Waals surface area contributed by atoms with Gasteiger partial charge in [-0.25, -0.2) is 0 Å². The molecule has 4 rings (SSSR count). The number of para-hydroxylation sites is 1. The molecule has 9 nitrogen and oxygen atoms in total. The van der Waals surface area contributed by atoms with E-state index >= 15 is 0 Å². The molecule has 0 radical (unpaired) electrons. The second-order valence-electron chi connectivity index (χ2n) is 7.15. The van der Waals surface area contributed by atoms with Gasteiger partial charge >= 0.3 is 0 Å². The predicted molar refractivity (Wildman–Crippen MR) is 134 cm³/mol. The first-order valence-corrected chi connectivity index (χ1v) is 12.8. The van der Waals surface area contributed by atoms with Gasteiger partial charge in [-0.1, -0.05) is 65.4 Å². The molecule has 0 bridgehead atoms. The highest BCUT2D eigenvalue weighted by Crippen LogP contribution is 2.25. The highest BCUT2D eigenvalue weighted by atomic mass is 35.5. The van der Waals surface area contributed by atoms with Crippen LogP contribution >= 0.6 is 22.9 Å². The third kappa shape index (κ3) is 6.21. The van der Waals surface area contributed by atoms with Crippen molar-refractivity contribution in [3.8, 4) is 0 Å². The standard InChI is InChI=1S/C23H18ClN5O4S2/c24-17-12-10-16(11-13-17)20(30)26-22-27-28-23(34-22)35(32,33)29-19-9-5-4-8-18(19)21(31)25-14-15-6-2-1-3-7-15/h1-13,29H,14H2,(H,25,31)(H,26,27,30). The van der Waals surface area contributed by atoms with Crippen LogP contribution < -0.4 is 15.4 Å². The molecule has 3 N–H and O–H groups in total. The maximum Gasteiger partial charge on any atom is 0.291 e. The van der Waals surface area contributed by atoms with E-state index in [9.17, 15) is 18.0 Å². The number of carbonyl (C=O) groups is 2. The molecule has 0 aliphatic carbocycles. The van der Waals surface area contributed by atoms with Crippen LogP contribution in [0.3, 0.4) is 0 Å². The van der Waals surface area contributed by atoms with E-state index in [4.69, 9.17) is 11.6 Å². The Hall–Kier alpha value is -3.80. The van der Waals surface area contributed by atoms with Gasteiger partial charge in [0.25, 0.3) is 26.2 Å². The number of halogens is 1. The highest BCUT2D eigenvalue weighted by molar-refractivity contribution is 7.94. The first-order valence-electron chi connectivity index (χ1n) is 10.2. The van der Waals surface area contributed by atoms with Crippen molar-refractivity contribution in [2.24, 2.45) is 0 Å². The highest BCUT2D eigenvalue weighted by Gasteiger charge is 2.23. The first-order chi connectivity index (χ1) is 16.8. The second-order valence-corrected chi connectivity index (χ2v) is 10.4. The number of nitrogens with one attached hydrogen (secondary N) is 3. The second kappa shape index (κ2) is 10.6. The van der Waals surface area contributed by atoms with Crippen LogP contribution in [-0.2, 0) is 16.6 Å². The van der Waals surface area contributed by atoms with Crippen LogP contribution in [0.2, 0.25) is 5.02 Å². The fourth-order valence-electron chi connectivity index (χ4n) is 2.97. The number of benzene rings is 3. The van der Waals surface area contributed by atoms with Crippen LogP contribution in [0.4, 0.5) is 10.8 Å². The fourth-order valence-corrected chi connectivity index (χ4v) is 5.07. The molecule has 0 saturated carbocycles. The topological polar surface area (TPSA) is 130 Å². The number of nitrogens with zero attached hydrogens (tertiary/aromatic N) is 2. The Balaban J connectivity index is 1.46. The van der Waals surface area contributed by atoms with Crippen molar-refractivity contribution < 1.29 is 18.0 Å². The Morgan fingerprint density at radius 2 is 1.54 bits per heavy atom. The largest absolute Gasteiger partial charge is 0.348 e. The van der Waals surface area contributed by atoms with Crippen LogP contribution in [0.5, 0.6) is 0 Å². The molecule has 0 aliphatic rings. The van der Waals surface area contributed by atoms with Crippen LogP contribution in [0.1, 0.15) is 26.3 Å². The Morgan fingerprint density at radius 3 is 2.29 bits per heavy atom. The number of amides is 2. The Morgan fingerprint density at radius 1 is 0.857 bits per heavy atom. The van der Waals surface area contributed by atoms with Crippen molar-refractivity contribution in [1.29, 1.82) is 0 Å². The van der Waals surface area contributed by atoms with Crippen LogP contribution in [0.25, 0.3) is 0 Å². The minimum absolute atomic E-state index is 0.000727. The quantitative estimate of drug-likeness (QED) is 0.295. The van der Waals surface area contributed by atoms with E-state index in [1.807, 2.05) is 30.3 Å². The van der Waals surface area contributed by atoms with E-state index < -0.39 is 21.8 Å². The van der Waals surface area contributed by atoms with Crippen molar-refractivity contribution >= 4 is 55.6 Å². The Labute approximate surface area is 210 Å². The van der Waals surface area contributed by atoms with Gasteiger partial charge in [-0.05, 0) is 42.0 Å². The molecule has 1 heterocycles. The van der Waals surface area contributed by atoms with Gasteiger partial charge < -0.3 is 5.32 Å². The minimum atomic E-state index is -4.18. The summed E-state index contributed by atoms with van der Waals surface area (Å²) in [6.45, 7) is 0.286. The van der Waals surface area contributed by atoms with Gasteiger partial charge in [-0.2, -0.15) is 8.42 Å². The van der Waals surface area contributed by atoms with Gasteiger partial charge in [0.2, 0.25) is 5.13 Å². The lowest BCUT2D eigenvalue weighted by molar-refractivity contribution is 0.0951. The van der Waals surface area contributed by atoms with Crippen molar-refractivity contribution in [3.05, 3.63) is 101 Å². The monoisotopic (exact) mass is 527 g/mol. The summed E-state index contributed by atoms with van der Waals surface area (Å²) in [5.41, 5.74) is 1.45. The zero-order valence-electron chi connectivity index (χ0n) is 17.9. The molecule has 3 aromatic carbocycles. The Bertz CT molecular complexity index is 1460. The Kier molecular flexibility index (Phi) is 7.39. The molecule has 0 atom stereocenters. The number of sulfonamides is 1. The van der Waals surface area contributed by atoms with Gasteiger partial charge in [-0.15, -0.1) is 10.2 Å². The normalized spacial score (nSPS) is 11.0. The van der Waals surface area contributed by atoms with Crippen LogP contribution in [0, 0.1) is 0 Å². The molecule has 12 heteroatoms. The van der Waals surface area contributed by atoms with E-state index in [-0.39, 0.29) is 27.3 Å². The van der Waals surface area contributed by atoms with Gasteiger partial charge in [0.05, 0.1) is 11.3 Å². The zero-order valence-corrected chi connectivity index (χ0v) is 20.3. The lowest BCUT2D eigenvalue weighted by Crippen LogP contribution is -2.25. The average Bonchev–Trinajstić information content (AvgIpc) is 3.33. The van der Waals surface area contributed by atoms with Gasteiger partial charge in [-0.3, -0.25) is 19.6 Å². The van der Waals surface area contributed by atoms with Crippen molar-refractivity contribution in [3.63, 3.8) is 0 Å². The lowest BCUT2D eigenvalue weighted by atomic mass is 10.1. The smallest absolute Gasteiger partial charge is 0.291 e. The zero-order chi connectivity index (χ0) is 24.8. The number of aromatic nitrogens is 2. The lowest BCUT2D eigenvalue weighted by Gasteiger charge is -2.11. The maximum atomic E-state index is 12.9. The minimum Gasteiger partial charge on any atom is -0.348 e. The average molecular weight is 528 g/mol. The van der Waals surface area contributed by atoms with E-state index in [0.29, 0.717) is 21.9 Å². The summed E-state index contributed by atoms with van der Waals surface area (Å²) in [5.74, 6) is -0.935.